The predicted molar refractivity (Wildman–Crippen MR) is 85.4 cm³/mol. The second kappa shape index (κ2) is 6.12. The molecule has 0 atom stereocenters. The second-order valence-corrected chi connectivity index (χ2v) is 5.61. The van der Waals surface area contributed by atoms with Gasteiger partial charge in [0.1, 0.15) is 11.9 Å². The van der Waals surface area contributed by atoms with E-state index in [1.165, 1.54) is 6.08 Å². The quantitative estimate of drug-likeness (QED) is 0.560. The van der Waals surface area contributed by atoms with Crippen molar-refractivity contribution in [2.24, 2.45) is 5.73 Å². The Labute approximate surface area is 133 Å². The van der Waals surface area contributed by atoms with Crippen molar-refractivity contribution in [1.82, 2.24) is 4.90 Å². The van der Waals surface area contributed by atoms with E-state index in [4.69, 9.17) is 15.9 Å². The van der Waals surface area contributed by atoms with Crippen LogP contribution in [0.3, 0.4) is 0 Å². The van der Waals surface area contributed by atoms with Crippen molar-refractivity contribution in [3.05, 3.63) is 35.5 Å². The first kappa shape index (κ1) is 15.1. The highest BCUT2D eigenvalue weighted by molar-refractivity contribution is 5.96. The molecule has 2 heterocycles. The van der Waals surface area contributed by atoms with E-state index in [1.807, 2.05) is 18.2 Å². The molecule has 4 N–H and O–H groups in total. The monoisotopic (exact) mass is 314 g/mol. The number of nitrogens with one attached hydrogen (secondary N) is 2. The van der Waals surface area contributed by atoms with Crippen molar-refractivity contribution in [2.75, 3.05) is 18.4 Å². The summed E-state index contributed by atoms with van der Waals surface area (Å²) in [4.78, 5) is 24.8. The van der Waals surface area contributed by atoms with Gasteiger partial charge in [0.25, 0.3) is 5.91 Å². The molecule has 1 fully saturated rings. The Balaban J connectivity index is 1.56. The molecule has 23 heavy (non-hydrogen) atoms. The van der Waals surface area contributed by atoms with Crippen LogP contribution in [0.15, 0.2) is 30.0 Å². The Morgan fingerprint density at radius 1 is 1.39 bits per heavy atom. The van der Waals surface area contributed by atoms with Gasteiger partial charge in [-0.15, -0.1) is 0 Å². The van der Waals surface area contributed by atoms with Crippen molar-refractivity contribution >= 4 is 23.7 Å². The molecule has 1 saturated heterocycles. The molecule has 2 amide bonds. The van der Waals surface area contributed by atoms with Crippen molar-refractivity contribution in [2.45, 2.75) is 18.9 Å². The van der Waals surface area contributed by atoms with Crippen molar-refractivity contribution in [1.29, 1.82) is 5.41 Å². The lowest BCUT2D eigenvalue weighted by molar-refractivity contribution is -0.135. The van der Waals surface area contributed by atoms with Gasteiger partial charge in [-0.25, -0.2) is 0 Å². The molecule has 0 aliphatic carbocycles. The molecule has 1 aromatic carbocycles. The summed E-state index contributed by atoms with van der Waals surface area (Å²) in [5, 5.41) is 9.75. The number of anilines is 1. The van der Waals surface area contributed by atoms with Gasteiger partial charge in [0.05, 0.1) is 18.8 Å². The molecule has 7 nitrogen and oxygen atoms in total. The number of likely N-dealkylation sites (tertiary alicyclic amines) is 1. The molecule has 2 aliphatic heterocycles. The number of amides is 2. The van der Waals surface area contributed by atoms with Crippen LogP contribution in [0, 0.1) is 5.41 Å². The van der Waals surface area contributed by atoms with Crippen molar-refractivity contribution in [3.8, 4) is 5.75 Å². The van der Waals surface area contributed by atoms with E-state index in [0.717, 1.165) is 23.2 Å². The zero-order chi connectivity index (χ0) is 16.4. The fraction of sp³-hybridized carbons (Fsp3) is 0.312. The van der Waals surface area contributed by atoms with Crippen LogP contribution in [-0.2, 0) is 16.0 Å². The lowest BCUT2D eigenvalue weighted by Gasteiger charge is -2.39. The van der Waals surface area contributed by atoms with Gasteiger partial charge in [-0.05, 0) is 36.3 Å². The summed E-state index contributed by atoms with van der Waals surface area (Å²) in [6, 6.07) is 5.59. The summed E-state index contributed by atoms with van der Waals surface area (Å²) in [5.41, 5.74) is 7.52. The molecule has 3 rings (SSSR count). The Morgan fingerprint density at radius 2 is 2.17 bits per heavy atom. The smallest absolute Gasteiger partial charge is 0.270 e. The average molecular weight is 314 g/mol. The van der Waals surface area contributed by atoms with E-state index < -0.39 is 0 Å². The molecule has 7 heteroatoms. The summed E-state index contributed by atoms with van der Waals surface area (Å²) in [6.07, 6.45) is 3.39. The number of ether oxygens (including phenoxy) is 1. The highest BCUT2D eigenvalue weighted by Gasteiger charge is 2.33. The summed E-state index contributed by atoms with van der Waals surface area (Å²) < 4.78 is 5.85. The van der Waals surface area contributed by atoms with E-state index in [-0.39, 0.29) is 23.6 Å². The van der Waals surface area contributed by atoms with Crippen LogP contribution < -0.4 is 15.8 Å². The molecular formula is C16H18N4O3. The first-order chi connectivity index (χ1) is 11.1. The summed E-state index contributed by atoms with van der Waals surface area (Å²) in [6.45, 7) is 0.943. The first-order valence-electron chi connectivity index (χ1n) is 7.42. The number of hydrogen-bond acceptors (Lipinski definition) is 5. The van der Waals surface area contributed by atoms with Crippen LogP contribution in [0.4, 0.5) is 5.69 Å². The third kappa shape index (κ3) is 3.18. The van der Waals surface area contributed by atoms with Gasteiger partial charge in [0.15, 0.2) is 0 Å². The van der Waals surface area contributed by atoms with Gasteiger partial charge in [-0.2, -0.15) is 0 Å². The minimum atomic E-state index is -0.276. The van der Waals surface area contributed by atoms with E-state index in [2.05, 4.69) is 5.32 Å². The van der Waals surface area contributed by atoms with Crippen molar-refractivity contribution < 1.29 is 14.3 Å². The lowest BCUT2D eigenvalue weighted by atomic mass is 10.0. The van der Waals surface area contributed by atoms with E-state index in [1.54, 1.807) is 4.90 Å². The molecular weight excluding hydrogens is 296 g/mol. The zero-order valence-corrected chi connectivity index (χ0v) is 12.5. The number of benzene rings is 1. The topological polar surface area (TPSA) is 109 Å². The maximum atomic E-state index is 11.9. The SMILES string of the molecule is N=C/C=C(\N)C(=O)N1CC(Oc2ccc3c(c2)CCC(=O)N3)C1. The number of rotatable bonds is 4. The van der Waals surface area contributed by atoms with E-state index in [0.29, 0.717) is 25.9 Å². The van der Waals surface area contributed by atoms with Crippen molar-refractivity contribution in [3.63, 3.8) is 0 Å². The standard InChI is InChI=1S/C16H18N4O3/c17-6-5-13(18)16(22)20-8-12(9-20)23-11-2-3-14-10(7-11)1-4-15(21)19-14/h2-3,5-7,12,17H,1,4,8-9,18H2,(H,19,21)/b13-5-,17-6?. The number of hydrogen-bond donors (Lipinski definition) is 3. The summed E-state index contributed by atoms with van der Waals surface area (Å²) in [5.74, 6) is 0.497. The van der Waals surface area contributed by atoms with Gasteiger partial charge in [0.2, 0.25) is 5.91 Å². The van der Waals surface area contributed by atoms with Crippen LogP contribution in [0.1, 0.15) is 12.0 Å². The van der Waals surface area contributed by atoms with Gasteiger partial charge < -0.3 is 26.1 Å². The molecule has 0 bridgehead atoms. The fourth-order valence-electron chi connectivity index (χ4n) is 2.65. The Morgan fingerprint density at radius 3 is 2.91 bits per heavy atom. The van der Waals surface area contributed by atoms with Crippen LogP contribution >= 0.6 is 0 Å². The van der Waals surface area contributed by atoms with Gasteiger partial charge in [-0.3, -0.25) is 9.59 Å². The van der Waals surface area contributed by atoms with Gasteiger partial charge >= 0.3 is 0 Å². The normalized spacial score (nSPS) is 17.8. The minimum absolute atomic E-state index is 0.0369. The van der Waals surface area contributed by atoms with Crippen LogP contribution in [-0.4, -0.2) is 42.1 Å². The molecule has 2 aliphatic rings. The second-order valence-electron chi connectivity index (χ2n) is 5.61. The maximum absolute atomic E-state index is 11.9. The van der Waals surface area contributed by atoms with Crippen LogP contribution in [0.5, 0.6) is 5.75 Å². The number of carbonyl (C=O) groups is 2. The largest absolute Gasteiger partial charge is 0.487 e. The number of fused-ring (bicyclic) bond motifs is 1. The molecule has 1 aromatic rings. The lowest BCUT2D eigenvalue weighted by Crippen LogP contribution is -2.57. The molecule has 0 unspecified atom stereocenters. The number of carbonyl (C=O) groups excluding carboxylic acids is 2. The van der Waals surface area contributed by atoms with Crippen LogP contribution in [0.25, 0.3) is 0 Å². The highest BCUT2D eigenvalue weighted by atomic mass is 16.5. The molecule has 0 spiro atoms. The summed E-state index contributed by atoms with van der Waals surface area (Å²) in [7, 11) is 0. The Kier molecular flexibility index (Phi) is 4.01. The molecule has 0 aromatic heterocycles. The van der Waals surface area contributed by atoms with E-state index >= 15 is 0 Å². The fourth-order valence-corrected chi connectivity index (χ4v) is 2.65. The minimum Gasteiger partial charge on any atom is -0.487 e. The number of allylic oxidation sites excluding steroid dienone is 1. The Hall–Kier alpha value is -2.83. The Bertz CT molecular complexity index is 693. The third-order valence-corrected chi connectivity index (χ3v) is 3.92. The number of aryl methyl sites for hydroxylation is 1. The summed E-state index contributed by atoms with van der Waals surface area (Å²) >= 11 is 0. The number of nitrogens with zero attached hydrogens (tertiary/aromatic N) is 1. The average Bonchev–Trinajstić information content (AvgIpc) is 2.50. The predicted octanol–water partition coefficient (Wildman–Crippen LogP) is 0.653. The highest BCUT2D eigenvalue weighted by Crippen LogP contribution is 2.28. The molecule has 120 valence electrons. The van der Waals surface area contributed by atoms with Gasteiger partial charge in [-0.1, -0.05) is 0 Å². The van der Waals surface area contributed by atoms with E-state index in [9.17, 15) is 9.59 Å². The number of nitrogens with two attached hydrogens (primary N) is 1. The first-order valence-corrected chi connectivity index (χ1v) is 7.42. The maximum Gasteiger partial charge on any atom is 0.270 e. The van der Waals surface area contributed by atoms with Gasteiger partial charge in [0, 0.05) is 18.3 Å². The van der Waals surface area contributed by atoms with Crippen LogP contribution in [0.2, 0.25) is 0 Å². The zero-order valence-electron chi connectivity index (χ0n) is 12.5. The molecule has 0 saturated carbocycles. The third-order valence-electron chi connectivity index (χ3n) is 3.92. The molecule has 0 radical (unpaired) electrons.